The number of carbonyl (C=O) groups excluding carboxylic acids is 1. The van der Waals surface area contributed by atoms with E-state index in [0.717, 1.165) is 11.4 Å². The van der Waals surface area contributed by atoms with Crippen molar-refractivity contribution in [2.24, 2.45) is 0 Å². The van der Waals surface area contributed by atoms with Crippen molar-refractivity contribution in [3.05, 3.63) is 87.8 Å². The molecule has 0 unspecified atom stereocenters. The Hall–Kier alpha value is -3.34. The molecule has 1 heterocycles. The molecule has 27 heavy (non-hydrogen) atoms. The number of methoxy groups -OCH3 is 1. The molecule has 5 nitrogen and oxygen atoms in total. The molecule has 0 aliphatic rings. The molecule has 0 amide bonds. The largest absolute Gasteiger partial charge is 0.496 e. The van der Waals surface area contributed by atoms with Gasteiger partial charge in [0.2, 0.25) is 0 Å². The first-order valence-corrected chi connectivity index (χ1v) is 8.70. The van der Waals surface area contributed by atoms with E-state index in [2.05, 4.69) is 4.98 Å². The lowest BCUT2D eigenvalue weighted by Gasteiger charge is -2.09. The van der Waals surface area contributed by atoms with Crippen LogP contribution in [0.5, 0.6) is 17.2 Å². The normalized spacial score (nSPS) is 10.4. The maximum atomic E-state index is 12.5. The lowest BCUT2D eigenvalue weighted by Crippen LogP contribution is -2.16. The van der Waals surface area contributed by atoms with E-state index in [1.54, 1.807) is 37.3 Å². The van der Waals surface area contributed by atoms with Crippen LogP contribution in [0.3, 0.4) is 0 Å². The number of benzene rings is 2. The number of aromatic amines is 1. The maximum Gasteiger partial charge on any atom is 0.255 e. The van der Waals surface area contributed by atoms with Gasteiger partial charge in [-0.3, -0.25) is 9.59 Å². The van der Waals surface area contributed by atoms with E-state index in [-0.39, 0.29) is 17.8 Å². The van der Waals surface area contributed by atoms with Crippen molar-refractivity contribution in [3.63, 3.8) is 0 Å². The molecule has 5 heteroatoms. The number of pyridine rings is 1. The highest BCUT2D eigenvalue weighted by Gasteiger charge is 2.13. The predicted octanol–water partition coefficient (Wildman–Crippen LogP) is 4.30. The molecule has 3 aromatic rings. The third kappa shape index (κ3) is 4.64. The van der Waals surface area contributed by atoms with E-state index in [9.17, 15) is 9.59 Å². The minimum atomic E-state index is -0.216. The fourth-order valence-corrected chi connectivity index (χ4v) is 2.82. The second-order valence-corrected chi connectivity index (χ2v) is 6.19. The number of ether oxygens (including phenoxy) is 2. The minimum absolute atomic E-state index is 0.0386. The first-order chi connectivity index (χ1) is 13.1. The SMILES string of the molecule is COc1cc(C)[nH]c(=O)c1CCC(=O)c1ccc(Oc2ccccc2)cc1. The van der Waals surface area contributed by atoms with Gasteiger partial charge in [0.1, 0.15) is 17.2 Å². The number of ketones is 1. The van der Waals surface area contributed by atoms with Gasteiger partial charge < -0.3 is 14.5 Å². The summed E-state index contributed by atoms with van der Waals surface area (Å²) >= 11 is 0. The number of carbonyl (C=O) groups is 1. The molecular formula is C22H21NO4. The summed E-state index contributed by atoms with van der Waals surface area (Å²) in [7, 11) is 1.52. The smallest absolute Gasteiger partial charge is 0.255 e. The van der Waals surface area contributed by atoms with Gasteiger partial charge in [-0.2, -0.15) is 0 Å². The summed E-state index contributed by atoms with van der Waals surface area (Å²) in [6.45, 7) is 1.79. The average molecular weight is 363 g/mol. The molecule has 0 aliphatic heterocycles. The van der Waals surface area contributed by atoms with Crippen LogP contribution in [0.4, 0.5) is 0 Å². The van der Waals surface area contributed by atoms with Gasteiger partial charge in [0.05, 0.1) is 12.7 Å². The summed E-state index contributed by atoms with van der Waals surface area (Å²) in [5.74, 6) is 1.87. The standard InChI is InChI=1S/C22H21NO4/c1-15-14-21(26-2)19(22(25)23-15)12-13-20(24)16-8-10-18(11-9-16)27-17-6-4-3-5-7-17/h3-11,14H,12-13H2,1-2H3,(H,23,25). The van der Waals surface area contributed by atoms with Gasteiger partial charge in [-0.15, -0.1) is 0 Å². The third-order valence-corrected chi connectivity index (χ3v) is 4.21. The molecule has 3 rings (SSSR count). The molecular weight excluding hydrogens is 342 g/mol. The first kappa shape index (κ1) is 18.5. The lowest BCUT2D eigenvalue weighted by atomic mass is 10.0. The average Bonchev–Trinajstić information content (AvgIpc) is 2.68. The number of rotatable bonds is 7. The Bertz CT molecular complexity index is 975. The number of hydrogen-bond donors (Lipinski definition) is 1. The van der Waals surface area contributed by atoms with Crippen LogP contribution in [0, 0.1) is 6.92 Å². The Balaban J connectivity index is 1.66. The lowest BCUT2D eigenvalue weighted by molar-refractivity contribution is 0.0982. The zero-order chi connectivity index (χ0) is 19.2. The molecule has 1 aromatic heterocycles. The van der Waals surface area contributed by atoms with Crippen LogP contribution in [0.2, 0.25) is 0 Å². The van der Waals surface area contributed by atoms with Crippen molar-refractivity contribution >= 4 is 5.78 Å². The summed E-state index contributed by atoms with van der Waals surface area (Å²) in [5.41, 5.74) is 1.57. The van der Waals surface area contributed by atoms with E-state index in [4.69, 9.17) is 9.47 Å². The van der Waals surface area contributed by atoms with E-state index in [0.29, 0.717) is 29.0 Å². The highest BCUT2D eigenvalue weighted by molar-refractivity contribution is 5.96. The van der Waals surface area contributed by atoms with Crippen molar-refractivity contribution in [1.29, 1.82) is 0 Å². The number of aryl methyl sites for hydroxylation is 1. The van der Waals surface area contributed by atoms with Gasteiger partial charge in [0.15, 0.2) is 5.78 Å². The summed E-state index contributed by atoms with van der Waals surface area (Å²) in [5, 5.41) is 0. The monoisotopic (exact) mass is 363 g/mol. The molecule has 0 fully saturated rings. The van der Waals surface area contributed by atoms with Gasteiger partial charge >= 0.3 is 0 Å². The zero-order valence-corrected chi connectivity index (χ0v) is 15.3. The topological polar surface area (TPSA) is 68.4 Å². The molecule has 0 saturated heterocycles. The fraction of sp³-hybridized carbons (Fsp3) is 0.182. The van der Waals surface area contributed by atoms with Crippen molar-refractivity contribution < 1.29 is 14.3 Å². The Labute approximate surface area is 157 Å². The zero-order valence-electron chi connectivity index (χ0n) is 15.3. The van der Waals surface area contributed by atoms with Gasteiger partial charge in [-0.05, 0) is 55.8 Å². The number of nitrogens with one attached hydrogen (secondary N) is 1. The maximum absolute atomic E-state index is 12.5. The Morgan fingerprint density at radius 1 is 1.00 bits per heavy atom. The van der Waals surface area contributed by atoms with Crippen molar-refractivity contribution in [2.75, 3.05) is 7.11 Å². The fourth-order valence-electron chi connectivity index (χ4n) is 2.82. The van der Waals surface area contributed by atoms with Crippen LogP contribution in [0.1, 0.15) is 28.0 Å². The first-order valence-electron chi connectivity index (χ1n) is 8.70. The molecule has 1 N–H and O–H groups in total. The molecule has 0 atom stereocenters. The number of hydrogen-bond acceptors (Lipinski definition) is 4. The van der Waals surface area contributed by atoms with Crippen LogP contribution >= 0.6 is 0 Å². The van der Waals surface area contributed by atoms with Gasteiger partial charge in [-0.25, -0.2) is 0 Å². The van der Waals surface area contributed by atoms with Crippen LogP contribution in [0.25, 0.3) is 0 Å². The highest BCUT2D eigenvalue weighted by Crippen LogP contribution is 2.22. The van der Waals surface area contributed by atoms with Crippen molar-refractivity contribution in [2.45, 2.75) is 19.8 Å². The predicted molar refractivity (Wildman–Crippen MR) is 104 cm³/mol. The second kappa shape index (κ2) is 8.36. The molecule has 0 spiro atoms. The van der Waals surface area contributed by atoms with Crippen LogP contribution < -0.4 is 15.0 Å². The number of H-pyrrole nitrogens is 1. The quantitative estimate of drug-likeness (QED) is 0.636. The second-order valence-electron chi connectivity index (χ2n) is 6.19. The summed E-state index contributed by atoms with van der Waals surface area (Å²) in [4.78, 5) is 27.3. The van der Waals surface area contributed by atoms with Crippen LogP contribution in [-0.2, 0) is 6.42 Å². The van der Waals surface area contributed by atoms with Crippen LogP contribution in [0.15, 0.2) is 65.5 Å². The Morgan fingerprint density at radius 3 is 2.33 bits per heavy atom. The van der Waals surface area contributed by atoms with Gasteiger partial charge in [-0.1, -0.05) is 18.2 Å². The highest BCUT2D eigenvalue weighted by atomic mass is 16.5. The molecule has 2 aromatic carbocycles. The van der Waals surface area contributed by atoms with E-state index in [1.807, 2.05) is 30.3 Å². The third-order valence-electron chi connectivity index (χ3n) is 4.21. The molecule has 0 bridgehead atoms. The number of para-hydroxylation sites is 1. The number of Topliss-reactive ketones (excluding diaryl/α,β-unsaturated/α-hetero) is 1. The van der Waals surface area contributed by atoms with Crippen molar-refractivity contribution in [3.8, 4) is 17.2 Å². The molecule has 0 radical (unpaired) electrons. The van der Waals surface area contributed by atoms with E-state index >= 15 is 0 Å². The number of aromatic nitrogens is 1. The van der Waals surface area contributed by atoms with Crippen molar-refractivity contribution in [1.82, 2.24) is 4.98 Å². The summed E-state index contributed by atoms with van der Waals surface area (Å²) < 4.78 is 11.0. The molecule has 138 valence electrons. The molecule has 0 saturated carbocycles. The molecule has 0 aliphatic carbocycles. The Morgan fingerprint density at radius 2 is 1.67 bits per heavy atom. The minimum Gasteiger partial charge on any atom is -0.496 e. The van der Waals surface area contributed by atoms with E-state index < -0.39 is 0 Å². The van der Waals surface area contributed by atoms with Gasteiger partial charge in [0, 0.05) is 17.7 Å². The van der Waals surface area contributed by atoms with E-state index in [1.165, 1.54) is 7.11 Å². The van der Waals surface area contributed by atoms with Gasteiger partial charge in [0.25, 0.3) is 5.56 Å². The van der Waals surface area contributed by atoms with Crippen LogP contribution in [-0.4, -0.2) is 17.9 Å². The summed E-state index contributed by atoms with van der Waals surface area (Å²) in [6.07, 6.45) is 0.543. The Kier molecular flexibility index (Phi) is 5.71. The summed E-state index contributed by atoms with van der Waals surface area (Å²) in [6, 6.07) is 18.2.